The number of rotatable bonds is 2. The second-order valence-corrected chi connectivity index (χ2v) is 5.42. The summed E-state index contributed by atoms with van der Waals surface area (Å²) in [4.78, 5) is 0.921. The van der Waals surface area contributed by atoms with E-state index in [2.05, 4.69) is 0 Å². The first-order chi connectivity index (χ1) is 8.00. The molecule has 2 rings (SSSR count). The minimum atomic E-state index is -0.289. The molecule has 0 saturated heterocycles. The van der Waals surface area contributed by atoms with Gasteiger partial charge in [-0.25, -0.2) is 4.39 Å². The molecule has 17 heavy (non-hydrogen) atoms. The Labute approximate surface area is 109 Å². The summed E-state index contributed by atoms with van der Waals surface area (Å²) >= 11 is 7.60. The van der Waals surface area contributed by atoms with Crippen LogP contribution in [0.1, 0.15) is 27.6 Å². The van der Waals surface area contributed by atoms with Crippen LogP contribution in [-0.4, -0.2) is 0 Å². The zero-order chi connectivity index (χ0) is 12.6. The fourth-order valence-electron chi connectivity index (χ4n) is 2.07. The Kier molecular flexibility index (Phi) is 3.52. The zero-order valence-corrected chi connectivity index (χ0v) is 11.2. The van der Waals surface area contributed by atoms with Crippen LogP contribution in [0.3, 0.4) is 0 Å². The third-order valence-corrected chi connectivity index (χ3v) is 4.24. The molecule has 0 saturated carbocycles. The van der Waals surface area contributed by atoms with E-state index in [4.69, 9.17) is 17.3 Å². The van der Waals surface area contributed by atoms with E-state index in [-0.39, 0.29) is 11.9 Å². The number of aryl methyl sites for hydroxylation is 2. The quantitative estimate of drug-likeness (QED) is 0.869. The summed E-state index contributed by atoms with van der Waals surface area (Å²) in [5.74, 6) is -0.228. The average Bonchev–Trinajstić information content (AvgIpc) is 2.62. The number of nitrogens with two attached hydrogens (primary N) is 1. The molecule has 0 aliphatic heterocycles. The average molecular weight is 270 g/mol. The maximum absolute atomic E-state index is 13.2. The smallest absolute Gasteiger partial charge is 0.123 e. The molecule has 2 aromatic rings. The summed E-state index contributed by atoms with van der Waals surface area (Å²) in [6.07, 6.45) is 0. The summed E-state index contributed by atoms with van der Waals surface area (Å²) in [7, 11) is 0. The van der Waals surface area contributed by atoms with E-state index in [1.54, 1.807) is 0 Å². The van der Waals surface area contributed by atoms with E-state index < -0.39 is 0 Å². The molecule has 1 aromatic heterocycles. The van der Waals surface area contributed by atoms with Gasteiger partial charge in [-0.05, 0) is 54.1 Å². The Morgan fingerprint density at radius 1 is 1.29 bits per heavy atom. The fraction of sp³-hybridized carbons (Fsp3) is 0.231. The van der Waals surface area contributed by atoms with Crippen molar-refractivity contribution >= 4 is 22.9 Å². The lowest BCUT2D eigenvalue weighted by Crippen LogP contribution is -2.14. The minimum absolute atomic E-state index is 0.228. The first-order valence-electron chi connectivity index (χ1n) is 5.26. The largest absolute Gasteiger partial charge is 0.320 e. The predicted molar refractivity (Wildman–Crippen MR) is 71.2 cm³/mol. The van der Waals surface area contributed by atoms with Crippen molar-refractivity contribution in [3.63, 3.8) is 0 Å². The van der Waals surface area contributed by atoms with Crippen molar-refractivity contribution in [1.29, 1.82) is 0 Å². The van der Waals surface area contributed by atoms with Gasteiger partial charge in [0.25, 0.3) is 0 Å². The van der Waals surface area contributed by atoms with Gasteiger partial charge >= 0.3 is 0 Å². The van der Waals surface area contributed by atoms with Crippen LogP contribution in [0, 0.1) is 19.7 Å². The monoisotopic (exact) mass is 269 g/mol. The van der Waals surface area contributed by atoms with E-state index >= 15 is 0 Å². The predicted octanol–water partition coefficient (Wildman–Crippen LogP) is 4.21. The van der Waals surface area contributed by atoms with Crippen molar-refractivity contribution in [2.45, 2.75) is 19.9 Å². The van der Waals surface area contributed by atoms with E-state index in [0.29, 0.717) is 5.02 Å². The highest BCUT2D eigenvalue weighted by Gasteiger charge is 2.18. The molecule has 0 fully saturated rings. The van der Waals surface area contributed by atoms with Crippen LogP contribution in [0.2, 0.25) is 5.02 Å². The molecule has 0 spiro atoms. The van der Waals surface area contributed by atoms with Crippen LogP contribution in [0.5, 0.6) is 0 Å². The molecule has 4 heteroatoms. The Balaban J connectivity index is 2.51. The highest BCUT2D eigenvalue weighted by molar-refractivity contribution is 7.10. The van der Waals surface area contributed by atoms with Crippen molar-refractivity contribution in [2.24, 2.45) is 5.73 Å². The molecule has 0 amide bonds. The van der Waals surface area contributed by atoms with Crippen molar-refractivity contribution in [1.82, 2.24) is 0 Å². The summed E-state index contributed by atoms with van der Waals surface area (Å²) in [6.45, 7) is 3.74. The van der Waals surface area contributed by atoms with Crippen molar-refractivity contribution in [3.8, 4) is 0 Å². The lowest BCUT2D eigenvalue weighted by molar-refractivity contribution is 0.623. The van der Waals surface area contributed by atoms with E-state index in [1.165, 1.54) is 23.5 Å². The molecule has 0 radical (unpaired) electrons. The van der Waals surface area contributed by atoms with Crippen LogP contribution in [-0.2, 0) is 0 Å². The first kappa shape index (κ1) is 12.6. The highest BCUT2D eigenvalue weighted by atomic mass is 35.5. The third kappa shape index (κ3) is 2.37. The van der Waals surface area contributed by atoms with Crippen LogP contribution in [0.15, 0.2) is 23.6 Å². The summed E-state index contributed by atoms with van der Waals surface area (Å²) in [6, 6.07) is 4.55. The number of thiophene rings is 1. The van der Waals surface area contributed by atoms with Gasteiger partial charge in [0.15, 0.2) is 0 Å². The molecule has 0 aliphatic rings. The normalized spacial score (nSPS) is 12.8. The van der Waals surface area contributed by atoms with Gasteiger partial charge in [-0.1, -0.05) is 11.6 Å². The van der Waals surface area contributed by atoms with Crippen LogP contribution < -0.4 is 5.73 Å². The molecule has 1 atom stereocenters. The summed E-state index contributed by atoms with van der Waals surface area (Å²) < 4.78 is 13.2. The Morgan fingerprint density at radius 2 is 1.88 bits per heavy atom. The maximum atomic E-state index is 13.2. The van der Waals surface area contributed by atoms with Gasteiger partial charge in [0.05, 0.1) is 11.1 Å². The van der Waals surface area contributed by atoms with Gasteiger partial charge in [-0.15, -0.1) is 11.3 Å². The van der Waals surface area contributed by atoms with E-state index in [0.717, 1.165) is 21.6 Å². The topological polar surface area (TPSA) is 26.0 Å². The van der Waals surface area contributed by atoms with Crippen LogP contribution in [0.25, 0.3) is 0 Å². The van der Waals surface area contributed by atoms with Crippen molar-refractivity contribution < 1.29 is 4.39 Å². The molecule has 1 nitrogen and oxygen atoms in total. The molecule has 90 valence electrons. The maximum Gasteiger partial charge on any atom is 0.123 e. The third-order valence-electron chi connectivity index (χ3n) is 2.80. The molecular formula is C13H13ClFNS. The second-order valence-electron chi connectivity index (χ2n) is 4.06. The fourth-order valence-corrected chi connectivity index (χ4v) is 3.26. The van der Waals surface area contributed by atoms with Crippen LogP contribution in [0.4, 0.5) is 4.39 Å². The summed E-state index contributed by atoms with van der Waals surface area (Å²) in [5, 5.41) is 2.58. The van der Waals surface area contributed by atoms with Gasteiger partial charge in [-0.2, -0.15) is 0 Å². The summed E-state index contributed by atoms with van der Waals surface area (Å²) in [5.41, 5.74) is 8.89. The molecule has 1 aromatic carbocycles. The van der Waals surface area contributed by atoms with Crippen molar-refractivity contribution in [3.05, 3.63) is 56.0 Å². The number of halogens is 2. The molecular weight excluding hydrogens is 257 g/mol. The minimum Gasteiger partial charge on any atom is -0.320 e. The Hall–Kier alpha value is -0.900. The lowest BCUT2D eigenvalue weighted by Gasteiger charge is -2.17. The molecule has 0 bridgehead atoms. The standard InChI is InChI=1S/C13H13ClFNS/c1-7-5-9(15)6-8(2)11(7)12(16)13-10(14)3-4-17-13/h3-6,12H,16H2,1-2H3. The number of benzene rings is 1. The van der Waals surface area contributed by atoms with Gasteiger partial charge < -0.3 is 5.73 Å². The molecule has 2 N–H and O–H groups in total. The van der Waals surface area contributed by atoms with Gasteiger partial charge in [-0.3, -0.25) is 0 Å². The van der Waals surface area contributed by atoms with Gasteiger partial charge in [0.1, 0.15) is 5.82 Å². The van der Waals surface area contributed by atoms with E-state index in [9.17, 15) is 4.39 Å². The Bertz CT molecular complexity index is 527. The van der Waals surface area contributed by atoms with Crippen molar-refractivity contribution in [2.75, 3.05) is 0 Å². The molecule has 1 heterocycles. The molecule has 1 unspecified atom stereocenters. The number of hydrogen-bond donors (Lipinski definition) is 1. The second kappa shape index (κ2) is 4.77. The number of hydrogen-bond acceptors (Lipinski definition) is 2. The first-order valence-corrected chi connectivity index (χ1v) is 6.51. The Morgan fingerprint density at radius 3 is 2.35 bits per heavy atom. The van der Waals surface area contributed by atoms with Crippen LogP contribution >= 0.6 is 22.9 Å². The van der Waals surface area contributed by atoms with E-state index in [1.807, 2.05) is 25.3 Å². The molecule has 0 aliphatic carbocycles. The highest BCUT2D eigenvalue weighted by Crippen LogP contribution is 2.34. The lowest BCUT2D eigenvalue weighted by atomic mass is 9.95. The van der Waals surface area contributed by atoms with Gasteiger partial charge in [0, 0.05) is 4.88 Å². The SMILES string of the molecule is Cc1cc(F)cc(C)c1C(N)c1sccc1Cl. The zero-order valence-electron chi connectivity index (χ0n) is 9.63. The van der Waals surface area contributed by atoms with Gasteiger partial charge in [0.2, 0.25) is 0 Å².